The number of rotatable bonds is 7. The number of carbonyl (C=O) groups is 1. The molecule has 0 spiro atoms. The van der Waals surface area contributed by atoms with Gasteiger partial charge in [0.15, 0.2) is 6.61 Å². The minimum absolute atomic E-state index is 0.000198. The molecule has 28 heavy (non-hydrogen) atoms. The van der Waals surface area contributed by atoms with Crippen LogP contribution in [0.3, 0.4) is 0 Å². The van der Waals surface area contributed by atoms with Crippen molar-refractivity contribution >= 4 is 5.91 Å². The first-order valence-electron chi connectivity index (χ1n) is 9.25. The predicted octanol–water partition coefficient (Wildman–Crippen LogP) is 3.14. The fourth-order valence-corrected chi connectivity index (χ4v) is 2.98. The highest BCUT2D eigenvalue weighted by molar-refractivity contribution is 5.78. The van der Waals surface area contributed by atoms with Crippen LogP contribution in [0.4, 0.5) is 0 Å². The third-order valence-electron chi connectivity index (χ3n) is 4.55. The van der Waals surface area contributed by atoms with Gasteiger partial charge in [-0.25, -0.2) is 0 Å². The Morgan fingerprint density at radius 3 is 2.43 bits per heavy atom. The number of amides is 1. The van der Waals surface area contributed by atoms with E-state index in [0.717, 1.165) is 11.3 Å². The van der Waals surface area contributed by atoms with Crippen molar-refractivity contribution in [3.8, 4) is 22.9 Å². The Bertz CT molecular complexity index is 918. The lowest BCUT2D eigenvalue weighted by Gasteiger charge is -2.36. The number of ether oxygens (including phenoxy) is 2. The van der Waals surface area contributed by atoms with E-state index in [-0.39, 0.29) is 18.4 Å². The van der Waals surface area contributed by atoms with Gasteiger partial charge >= 0.3 is 0 Å². The molecule has 2 heterocycles. The Morgan fingerprint density at radius 1 is 1.07 bits per heavy atom. The standard InChI is InChI=1S/C21H21N3O4/c1-2-26-17-8-10-18(11-9-17)27-14-19(25)24-12-16(13-24)21-22-20(23-28-21)15-6-4-3-5-7-15/h3-11,16H,2,12-14H2,1H3. The first-order chi connectivity index (χ1) is 13.7. The van der Waals surface area contributed by atoms with Crippen LogP contribution in [0, 0.1) is 0 Å². The molecule has 0 saturated carbocycles. The molecule has 1 amide bonds. The normalized spacial score (nSPS) is 13.8. The summed E-state index contributed by atoms with van der Waals surface area (Å²) in [6, 6.07) is 16.9. The van der Waals surface area contributed by atoms with Gasteiger partial charge in [-0.3, -0.25) is 4.79 Å². The van der Waals surface area contributed by atoms with Crippen LogP contribution in [0.25, 0.3) is 11.4 Å². The molecule has 4 rings (SSSR count). The summed E-state index contributed by atoms with van der Waals surface area (Å²) in [5.74, 6) is 2.56. The highest BCUT2D eigenvalue weighted by Crippen LogP contribution is 2.28. The van der Waals surface area contributed by atoms with E-state index in [1.165, 1.54) is 0 Å². The average molecular weight is 379 g/mol. The van der Waals surface area contributed by atoms with Crippen LogP contribution >= 0.6 is 0 Å². The molecule has 1 saturated heterocycles. The SMILES string of the molecule is CCOc1ccc(OCC(=O)N2CC(c3nc(-c4ccccc4)no3)C2)cc1. The Kier molecular flexibility index (Phi) is 5.23. The van der Waals surface area contributed by atoms with Crippen LogP contribution in [-0.2, 0) is 4.79 Å². The molecular weight excluding hydrogens is 358 g/mol. The van der Waals surface area contributed by atoms with Crippen LogP contribution < -0.4 is 9.47 Å². The second-order valence-electron chi connectivity index (χ2n) is 6.51. The molecule has 7 heteroatoms. The van der Waals surface area contributed by atoms with E-state index >= 15 is 0 Å². The number of carbonyl (C=O) groups excluding carboxylic acids is 1. The molecular formula is C21H21N3O4. The molecule has 2 aromatic carbocycles. The quantitative estimate of drug-likeness (QED) is 0.628. The van der Waals surface area contributed by atoms with Crippen LogP contribution in [-0.4, -0.2) is 47.3 Å². The molecule has 7 nitrogen and oxygen atoms in total. The minimum Gasteiger partial charge on any atom is -0.494 e. The van der Waals surface area contributed by atoms with Gasteiger partial charge < -0.3 is 18.9 Å². The molecule has 0 radical (unpaired) electrons. The minimum atomic E-state index is -0.0621. The van der Waals surface area contributed by atoms with Crippen molar-refractivity contribution in [3.63, 3.8) is 0 Å². The van der Waals surface area contributed by atoms with E-state index in [4.69, 9.17) is 14.0 Å². The lowest BCUT2D eigenvalue weighted by molar-refractivity contribution is -0.138. The summed E-state index contributed by atoms with van der Waals surface area (Å²) in [5.41, 5.74) is 0.911. The maximum Gasteiger partial charge on any atom is 0.260 e. The van der Waals surface area contributed by atoms with E-state index < -0.39 is 0 Å². The van der Waals surface area contributed by atoms with E-state index in [1.807, 2.05) is 49.4 Å². The summed E-state index contributed by atoms with van der Waals surface area (Å²) in [6.45, 7) is 3.66. The number of nitrogens with zero attached hydrogens (tertiary/aromatic N) is 3. The van der Waals surface area contributed by atoms with Crippen molar-refractivity contribution in [2.75, 3.05) is 26.3 Å². The molecule has 144 valence electrons. The molecule has 1 aromatic heterocycles. The van der Waals surface area contributed by atoms with Crippen molar-refractivity contribution < 1.29 is 18.8 Å². The molecule has 3 aromatic rings. The fraction of sp³-hybridized carbons (Fsp3) is 0.286. The Labute approximate surface area is 162 Å². The zero-order chi connectivity index (χ0) is 19.3. The Morgan fingerprint density at radius 2 is 1.75 bits per heavy atom. The average Bonchev–Trinajstić information content (AvgIpc) is 3.17. The molecule has 0 aliphatic carbocycles. The summed E-state index contributed by atoms with van der Waals surface area (Å²) in [4.78, 5) is 18.5. The van der Waals surface area contributed by atoms with Crippen molar-refractivity contribution in [3.05, 3.63) is 60.5 Å². The van der Waals surface area contributed by atoms with Crippen molar-refractivity contribution in [1.82, 2.24) is 15.0 Å². The predicted molar refractivity (Wildman–Crippen MR) is 102 cm³/mol. The van der Waals surface area contributed by atoms with Crippen molar-refractivity contribution in [2.45, 2.75) is 12.8 Å². The Balaban J connectivity index is 1.26. The fourth-order valence-electron chi connectivity index (χ4n) is 2.98. The van der Waals surface area contributed by atoms with E-state index in [2.05, 4.69) is 10.1 Å². The van der Waals surface area contributed by atoms with Crippen LogP contribution in [0.5, 0.6) is 11.5 Å². The first kappa shape index (κ1) is 18.0. The van der Waals surface area contributed by atoms with Gasteiger partial charge in [0.1, 0.15) is 11.5 Å². The maximum absolute atomic E-state index is 12.3. The third kappa shape index (κ3) is 3.98. The summed E-state index contributed by atoms with van der Waals surface area (Å²) in [7, 11) is 0. The number of hydrogen-bond acceptors (Lipinski definition) is 6. The molecule has 0 atom stereocenters. The highest BCUT2D eigenvalue weighted by Gasteiger charge is 2.35. The smallest absolute Gasteiger partial charge is 0.260 e. The largest absolute Gasteiger partial charge is 0.494 e. The highest BCUT2D eigenvalue weighted by atomic mass is 16.5. The van der Waals surface area contributed by atoms with Gasteiger partial charge in [0, 0.05) is 18.7 Å². The lowest BCUT2D eigenvalue weighted by atomic mass is 10.0. The van der Waals surface area contributed by atoms with Crippen LogP contribution in [0.1, 0.15) is 18.7 Å². The molecule has 0 N–H and O–H groups in total. The third-order valence-corrected chi connectivity index (χ3v) is 4.55. The van der Waals surface area contributed by atoms with Gasteiger partial charge in [-0.15, -0.1) is 0 Å². The van der Waals surface area contributed by atoms with Gasteiger partial charge in [-0.2, -0.15) is 4.98 Å². The second-order valence-corrected chi connectivity index (χ2v) is 6.51. The summed E-state index contributed by atoms with van der Waals surface area (Å²) >= 11 is 0. The van der Waals surface area contributed by atoms with Crippen molar-refractivity contribution in [2.24, 2.45) is 0 Å². The first-order valence-corrected chi connectivity index (χ1v) is 9.25. The van der Waals surface area contributed by atoms with Gasteiger partial charge in [-0.05, 0) is 31.2 Å². The molecule has 0 bridgehead atoms. The topological polar surface area (TPSA) is 77.7 Å². The number of hydrogen-bond donors (Lipinski definition) is 0. The number of aromatic nitrogens is 2. The second kappa shape index (κ2) is 8.12. The summed E-state index contributed by atoms with van der Waals surface area (Å²) < 4.78 is 16.3. The van der Waals surface area contributed by atoms with Gasteiger partial charge in [0.25, 0.3) is 5.91 Å². The monoisotopic (exact) mass is 379 g/mol. The zero-order valence-corrected chi connectivity index (χ0v) is 15.6. The molecule has 1 aliphatic rings. The molecule has 1 fully saturated rings. The molecule has 1 aliphatic heterocycles. The van der Waals surface area contributed by atoms with E-state index in [1.54, 1.807) is 17.0 Å². The Hall–Kier alpha value is -3.35. The number of likely N-dealkylation sites (tertiary alicyclic amines) is 1. The zero-order valence-electron chi connectivity index (χ0n) is 15.6. The van der Waals surface area contributed by atoms with E-state index in [9.17, 15) is 4.79 Å². The van der Waals surface area contributed by atoms with Crippen LogP contribution in [0.2, 0.25) is 0 Å². The summed E-state index contributed by atoms with van der Waals surface area (Å²) in [5, 5.41) is 4.03. The molecule has 0 unspecified atom stereocenters. The van der Waals surface area contributed by atoms with Crippen molar-refractivity contribution in [1.29, 1.82) is 0 Å². The van der Waals surface area contributed by atoms with Crippen LogP contribution in [0.15, 0.2) is 59.1 Å². The number of benzene rings is 2. The van der Waals surface area contributed by atoms with Gasteiger partial charge in [0.2, 0.25) is 11.7 Å². The van der Waals surface area contributed by atoms with E-state index in [0.29, 0.717) is 37.2 Å². The van der Waals surface area contributed by atoms with Gasteiger partial charge in [0.05, 0.1) is 12.5 Å². The summed E-state index contributed by atoms with van der Waals surface area (Å²) in [6.07, 6.45) is 0. The maximum atomic E-state index is 12.3. The van der Waals surface area contributed by atoms with Gasteiger partial charge in [-0.1, -0.05) is 35.5 Å². The lowest BCUT2D eigenvalue weighted by Crippen LogP contribution is -2.50.